The second-order valence-electron chi connectivity index (χ2n) is 8.16. The largest absolute Gasteiger partial charge is 0.380 e. The predicted octanol–water partition coefficient (Wildman–Crippen LogP) is 5.36. The first kappa shape index (κ1) is 21.2. The van der Waals surface area contributed by atoms with Crippen LogP contribution in [0.4, 0.5) is 5.69 Å². The molecule has 2 aromatic carbocycles. The van der Waals surface area contributed by atoms with Crippen LogP contribution in [-0.4, -0.2) is 23.0 Å². The van der Waals surface area contributed by atoms with Crippen molar-refractivity contribution < 1.29 is 0 Å². The summed E-state index contributed by atoms with van der Waals surface area (Å²) in [6, 6.07) is 16.5. The zero-order valence-electron chi connectivity index (χ0n) is 17.7. The summed E-state index contributed by atoms with van der Waals surface area (Å²) in [5.41, 5.74) is 16.6. The molecular formula is C25H28ClN5. The monoisotopic (exact) mass is 433 g/mol. The fourth-order valence-electron chi connectivity index (χ4n) is 4.15. The molecule has 1 aliphatic carbocycles. The molecule has 6 heteroatoms. The van der Waals surface area contributed by atoms with Gasteiger partial charge in [0.15, 0.2) is 5.96 Å². The molecule has 0 saturated heterocycles. The first-order valence-corrected chi connectivity index (χ1v) is 11.1. The zero-order valence-corrected chi connectivity index (χ0v) is 18.4. The molecule has 0 spiro atoms. The first-order chi connectivity index (χ1) is 15.0. The topological polar surface area (TPSA) is 89.3 Å². The molecule has 160 valence electrons. The summed E-state index contributed by atoms with van der Waals surface area (Å²) in [6.45, 7) is 2.10. The highest BCUT2D eigenvalue weighted by molar-refractivity contribution is 6.30. The van der Waals surface area contributed by atoms with Crippen LogP contribution < -0.4 is 16.8 Å². The molecule has 0 bridgehead atoms. The molecule has 3 aromatic rings. The lowest BCUT2D eigenvalue weighted by Crippen LogP contribution is -2.38. The molecule has 1 heterocycles. The van der Waals surface area contributed by atoms with Crippen molar-refractivity contribution in [3.63, 3.8) is 0 Å². The molecule has 1 fully saturated rings. The van der Waals surface area contributed by atoms with Gasteiger partial charge in [-0.05, 0) is 61.7 Å². The quantitative estimate of drug-likeness (QED) is 0.373. The van der Waals surface area contributed by atoms with Gasteiger partial charge < -0.3 is 16.8 Å². The van der Waals surface area contributed by atoms with Crippen LogP contribution in [0.15, 0.2) is 53.5 Å². The standard InChI is InChI=1S/C25H28ClN5/c1-16-6-13-21-20(14-16)24(30-22-4-2-3-5-23(22)31-25(27)28)15-19(29-21)12-9-17-7-10-18(26)11-8-17/h6-15,22-23H,2-5H2,1H3,(H,29,30)(H4,27,28,31)/t22-,23+/m0/s1. The molecule has 0 radical (unpaired) electrons. The number of rotatable bonds is 5. The van der Waals surface area contributed by atoms with E-state index in [0.29, 0.717) is 0 Å². The minimum absolute atomic E-state index is 0.0832. The summed E-state index contributed by atoms with van der Waals surface area (Å²) in [7, 11) is 0. The SMILES string of the molecule is Cc1ccc2nc(C=Cc3ccc(Cl)cc3)cc(N[C@H]3CCCC[C@H]3N=C(N)N)c2c1. The number of anilines is 1. The highest BCUT2D eigenvalue weighted by Gasteiger charge is 2.25. The third kappa shape index (κ3) is 5.36. The number of nitrogens with two attached hydrogens (primary N) is 2. The Balaban J connectivity index is 1.69. The maximum atomic E-state index is 5.99. The third-order valence-electron chi connectivity index (χ3n) is 5.69. The summed E-state index contributed by atoms with van der Waals surface area (Å²) in [5.74, 6) is 0.153. The second-order valence-corrected chi connectivity index (χ2v) is 8.59. The number of nitrogens with zero attached hydrogens (tertiary/aromatic N) is 2. The van der Waals surface area contributed by atoms with Crippen molar-refractivity contribution in [3.05, 3.63) is 70.4 Å². The van der Waals surface area contributed by atoms with Crippen molar-refractivity contribution in [1.82, 2.24) is 4.98 Å². The van der Waals surface area contributed by atoms with E-state index in [1.165, 1.54) is 12.0 Å². The van der Waals surface area contributed by atoms with E-state index in [0.717, 1.165) is 52.1 Å². The van der Waals surface area contributed by atoms with Crippen molar-refractivity contribution >= 4 is 46.3 Å². The van der Waals surface area contributed by atoms with Crippen LogP contribution in [0.25, 0.3) is 23.1 Å². The summed E-state index contributed by atoms with van der Waals surface area (Å²) in [6.07, 6.45) is 8.41. The lowest BCUT2D eigenvalue weighted by Gasteiger charge is -2.31. The number of halogens is 1. The molecule has 1 aliphatic rings. The van der Waals surface area contributed by atoms with Gasteiger partial charge in [0.25, 0.3) is 0 Å². The van der Waals surface area contributed by atoms with Crippen molar-refractivity contribution in [2.75, 3.05) is 5.32 Å². The number of hydrogen-bond donors (Lipinski definition) is 3. The van der Waals surface area contributed by atoms with Crippen molar-refractivity contribution in [3.8, 4) is 0 Å². The molecule has 31 heavy (non-hydrogen) atoms. The average molecular weight is 434 g/mol. The van der Waals surface area contributed by atoms with Gasteiger partial charge in [0, 0.05) is 22.1 Å². The number of aliphatic imine (C=N–C) groups is 1. The van der Waals surface area contributed by atoms with E-state index in [4.69, 9.17) is 28.1 Å². The Morgan fingerprint density at radius 3 is 2.61 bits per heavy atom. The number of aryl methyl sites for hydroxylation is 1. The highest BCUT2D eigenvalue weighted by atomic mass is 35.5. The van der Waals surface area contributed by atoms with E-state index in [9.17, 15) is 0 Å². The van der Waals surface area contributed by atoms with Crippen LogP contribution in [0.3, 0.4) is 0 Å². The van der Waals surface area contributed by atoms with Crippen molar-refractivity contribution in [2.45, 2.75) is 44.7 Å². The Bertz CT molecular complexity index is 1120. The van der Waals surface area contributed by atoms with E-state index < -0.39 is 0 Å². The van der Waals surface area contributed by atoms with Gasteiger partial charge in [-0.25, -0.2) is 9.98 Å². The maximum absolute atomic E-state index is 5.99. The molecule has 2 atom stereocenters. The lowest BCUT2D eigenvalue weighted by atomic mass is 9.90. The van der Waals surface area contributed by atoms with Gasteiger partial charge in [-0.2, -0.15) is 0 Å². The molecule has 1 aromatic heterocycles. The third-order valence-corrected chi connectivity index (χ3v) is 5.94. The maximum Gasteiger partial charge on any atom is 0.186 e. The zero-order chi connectivity index (χ0) is 21.8. The minimum Gasteiger partial charge on any atom is -0.380 e. The van der Waals surface area contributed by atoms with Gasteiger partial charge in [0.2, 0.25) is 0 Å². The van der Waals surface area contributed by atoms with Crippen LogP contribution in [0, 0.1) is 6.92 Å². The van der Waals surface area contributed by atoms with Gasteiger partial charge in [-0.3, -0.25) is 0 Å². The highest BCUT2D eigenvalue weighted by Crippen LogP contribution is 2.30. The molecule has 0 amide bonds. The van der Waals surface area contributed by atoms with Crippen LogP contribution in [0.2, 0.25) is 5.02 Å². The average Bonchev–Trinajstić information content (AvgIpc) is 2.75. The van der Waals surface area contributed by atoms with Crippen LogP contribution in [-0.2, 0) is 0 Å². The minimum atomic E-state index is 0.0832. The van der Waals surface area contributed by atoms with Gasteiger partial charge in [0.05, 0.1) is 17.3 Å². The number of nitrogens with one attached hydrogen (secondary N) is 1. The van der Waals surface area contributed by atoms with E-state index in [1.54, 1.807) is 0 Å². The number of benzene rings is 2. The molecule has 4 rings (SSSR count). The van der Waals surface area contributed by atoms with Crippen LogP contribution in [0.5, 0.6) is 0 Å². The molecule has 5 nitrogen and oxygen atoms in total. The smallest absolute Gasteiger partial charge is 0.186 e. The Labute approximate surface area is 188 Å². The van der Waals surface area contributed by atoms with Crippen LogP contribution >= 0.6 is 11.6 Å². The van der Waals surface area contributed by atoms with E-state index >= 15 is 0 Å². The summed E-state index contributed by atoms with van der Waals surface area (Å²) in [5, 5.41) is 5.58. The number of pyridine rings is 1. The second kappa shape index (κ2) is 9.40. The van der Waals surface area contributed by atoms with Crippen LogP contribution in [0.1, 0.15) is 42.5 Å². The number of aromatic nitrogens is 1. The van der Waals surface area contributed by atoms with Crippen molar-refractivity contribution in [1.29, 1.82) is 0 Å². The van der Waals surface area contributed by atoms with Crippen molar-refractivity contribution in [2.24, 2.45) is 16.5 Å². The summed E-state index contributed by atoms with van der Waals surface area (Å²) >= 11 is 5.99. The number of hydrogen-bond acceptors (Lipinski definition) is 3. The van der Waals surface area contributed by atoms with Gasteiger partial charge in [-0.1, -0.05) is 54.3 Å². The summed E-state index contributed by atoms with van der Waals surface area (Å²) in [4.78, 5) is 9.34. The van der Waals surface area contributed by atoms with E-state index in [-0.39, 0.29) is 18.0 Å². The Hall–Kier alpha value is -3.05. The van der Waals surface area contributed by atoms with E-state index in [1.807, 2.05) is 36.4 Å². The lowest BCUT2D eigenvalue weighted by molar-refractivity contribution is 0.405. The Morgan fingerprint density at radius 1 is 1.06 bits per heavy atom. The Kier molecular flexibility index (Phi) is 6.42. The molecule has 0 unspecified atom stereocenters. The molecular weight excluding hydrogens is 406 g/mol. The van der Waals surface area contributed by atoms with Gasteiger partial charge >= 0.3 is 0 Å². The fraction of sp³-hybridized carbons (Fsp3) is 0.280. The first-order valence-electron chi connectivity index (χ1n) is 10.7. The number of guanidine groups is 1. The number of fused-ring (bicyclic) bond motifs is 1. The normalized spacial score (nSPS) is 18.9. The molecule has 5 N–H and O–H groups in total. The predicted molar refractivity (Wildman–Crippen MR) is 132 cm³/mol. The Morgan fingerprint density at radius 2 is 1.84 bits per heavy atom. The van der Waals surface area contributed by atoms with Gasteiger partial charge in [0.1, 0.15) is 0 Å². The van der Waals surface area contributed by atoms with E-state index in [2.05, 4.69) is 41.5 Å². The summed E-state index contributed by atoms with van der Waals surface area (Å²) < 4.78 is 0. The van der Waals surface area contributed by atoms with Gasteiger partial charge in [-0.15, -0.1) is 0 Å². The molecule has 1 saturated carbocycles. The fourth-order valence-corrected chi connectivity index (χ4v) is 4.27. The molecule has 0 aliphatic heterocycles.